The summed E-state index contributed by atoms with van der Waals surface area (Å²) in [6.07, 6.45) is -6.27. The number of ether oxygens (including phenoxy) is 1. The monoisotopic (exact) mass is 543 g/mol. The van der Waals surface area contributed by atoms with E-state index in [-0.39, 0.29) is 54.8 Å². The number of rotatable bonds is 6. The van der Waals surface area contributed by atoms with Crippen molar-refractivity contribution in [1.82, 2.24) is 4.90 Å². The molecule has 0 amide bonds. The fourth-order valence-electron chi connectivity index (χ4n) is 6.68. The van der Waals surface area contributed by atoms with Crippen molar-refractivity contribution in [3.05, 3.63) is 41.5 Å². The number of hydrogen-bond acceptors (Lipinski definition) is 3. The van der Waals surface area contributed by atoms with Crippen LogP contribution in [0.3, 0.4) is 0 Å². The molecule has 2 aromatic carbocycles. The lowest BCUT2D eigenvalue weighted by Crippen LogP contribution is -2.45. The molecule has 2 atom stereocenters. The van der Waals surface area contributed by atoms with Gasteiger partial charge in [0.2, 0.25) is 0 Å². The molecular weight excluding hydrogens is 512 g/mol. The summed E-state index contributed by atoms with van der Waals surface area (Å²) in [7, 11) is 0. The first-order chi connectivity index (χ1) is 17.9. The number of nitrogens with zero attached hydrogens (tertiary/aromatic N) is 1. The number of benzene rings is 2. The molecule has 2 saturated heterocycles. The van der Waals surface area contributed by atoms with Crippen molar-refractivity contribution >= 4 is 16.7 Å². The van der Waals surface area contributed by atoms with Crippen LogP contribution in [0.15, 0.2) is 30.3 Å². The van der Waals surface area contributed by atoms with Gasteiger partial charge in [0, 0.05) is 18.6 Å². The average molecular weight is 544 g/mol. The largest absolute Gasteiger partial charge is 0.490 e. The third-order valence-electron chi connectivity index (χ3n) is 8.65. The first-order valence-corrected chi connectivity index (χ1v) is 13.2. The highest BCUT2D eigenvalue weighted by molar-refractivity contribution is 5.89. The molecule has 208 valence electrons. The minimum atomic E-state index is -4.70. The van der Waals surface area contributed by atoms with Gasteiger partial charge in [-0.3, -0.25) is 9.69 Å². The Labute approximate surface area is 216 Å². The zero-order valence-corrected chi connectivity index (χ0v) is 20.8. The van der Waals surface area contributed by atoms with Crippen LogP contribution in [-0.4, -0.2) is 46.9 Å². The molecule has 38 heavy (non-hydrogen) atoms. The van der Waals surface area contributed by atoms with Gasteiger partial charge in [-0.2, -0.15) is 26.3 Å². The molecule has 4 nitrogen and oxygen atoms in total. The Morgan fingerprint density at radius 2 is 1.55 bits per heavy atom. The molecule has 0 aromatic heterocycles. The third-order valence-corrected chi connectivity index (χ3v) is 8.65. The lowest BCUT2D eigenvalue weighted by atomic mass is 9.87. The molecule has 1 saturated carbocycles. The van der Waals surface area contributed by atoms with E-state index in [0.29, 0.717) is 31.2 Å². The van der Waals surface area contributed by atoms with Crippen molar-refractivity contribution in [1.29, 1.82) is 0 Å². The number of carbonyl (C=O) groups is 1. The molecule has 2 aliphatic heterocycles. The maximum atomic E-state index is 14.3. The van der Waals surface area contributed by atoms with E-state index < -0.39 is 35.9 Å². The second kappa shape index (κ2) is 10.2. The maximum absolute atomic E-state index is 14.3. The number of halogens is 6. The molecule has 2 bridgehead atoms. The van der Waals surface area contributed by atoms with Crippen molar-refractivity contribution in [2.75, 3.05) is 6.54 Å². The number of carboxylic acid groups (broad SMARTS) is 1. The predicted molar refractivity (Wildman–Crippen MR) is 129 cm³/mol. The molecule has 0 radical (unpaired) electrons. The SMILES string of the molecule is O=C(O)C1CC2CCC(C1)N2CCc1ccc2ccc(O[C@H]3CC[C@@H](C(F)(F)F)CC3)c(C(F)(F)F)c2c1. The summed E-state index contributed by atoms with van der Waals surface area (Å²) in [5.74, 6) is -2.87. The van der Waals surface area contributed by atoms with Gasteiger partial charge in [0.1, 0.15) is 11.3 Å². The Hall–Kier alpha value is -2.49. The molecule has 2 unspecified atom stereocenters. The first-order valence-electron chi connectivity index (χ1n) is 13.2. The first kappa shape index (κ1) is 27.1. The summed E-state index contributed by atoms with van der Waals surface area (Å²) < 4.78 is 87.5. The van der Waals surface area contributed by atoms with Gasteiger partial charge in [-0.05, 0) is 80.2 Å². The molecule has 10 heteroatoms. The molecule has 2 heterocycles. The fraction of sp³-hybridized carbons (Fsp3) is 0.607. The topological polar surface area (TPSA) is 49.8 Å². The van der Waals surface area contributed by atoms with Gasteiger partial charge in [-0.25, -0.2) is 0 Å². The Bertz CT molecular complexity index is 1160. The van der Waals surface area contributed by atoms with E-state index >= 15 is 0 Å². The highest BCUT2D eigenvalue weighted by Gasteiger charge is 2.44. The van der Waals surface area contributed by atoms with Crippen LogP contribution in [0.2, 0.25) is 0 Å². The zero-order chi connectivity index (χ0) is 27.2. The number of piperidine rings is 1. The minimum absolute atomic E-state index is 0.0176. The molecule has 2 aromatic rings. The molecule has 5 rings (SSSR count). The van der Waals surface area contributed by atoms with Gasteiger partial charge in [0.25, 0.3) is 0 Å². The molecule has 1 aliphatic carbocycles. The van der Waals surface area contributed by atoms with Crippen LogP contribution in [0.1, 0.15) is 62.5 Å². The highest BCUT2D eigenvalue weighted by atomic mass is 19.4. The number of fused-ring (bicyclic) bond motifs is 3. The Morgan fingerprint density at radius 1 is 0.921 bits per heavy atom. The summed E-state index contributed by atoms with van der Waals surface area (Å²) >= 11 is 0. The van der Waals surface area contributed by atoms with Crippen LogP contribution in [0, 0.1) is 11.8 Å². The normalized spacial score (nSPS) is 28.5. The van der Waals surface area contributed by atoms with Crippen molar-refractivity contribution in [2.24, 2.45) is 11.8 Å². The Balaban J connectivity index is 1.33. The zero-order valence-electron chi connectivity index (χ0n) is 20.8. The van der Waals surface area contributed by atoms with Gasteiger partial charge >= 0.3 is 18.3 Å². The lowest BCUT2D eigenvalue weighted by Gasteiger charge is -2.37. The predicted octanol–water partition coefficient (Wildman–Crippen LogP) is 7.23. The number of alkyl halides is 6. The summed E-state index contributed by atoms with van der Waals surface area (Å²) in [5, 5.41) is 9.82. The highest BCUT2D eigenvalue weighted by Crippen LogP contribution is 2.44. The van der Waals surface area contributed by atoms with Gasteiger partial charge in [-0.15, -0.1) is 0 Å². The summed E-state index contributed by atoms with van der Waals surface area (Å²) in [5.41, 5.74) is -0.150. The second-order valence-electron chi connectivity index (χ2n) is 11.0. The van der Waals surface area contributed by atoms with Crippen LogP contribution in [0.4, 0.5) is 26.3 Å². The quantitative estimate of drug-likeness (QED) is 0.391. The Morgan fingerprint density at radius 3 is 2.13 bits per heavy atom. The fourth-order valence-corrected chi connectivity index (χ4v) is 6.68. The third kappa shape index (κ3) is 5.60. The smallest absolute Gasteiger partial charge is 0.420 e. The summed E-state index contributed by atoms with van der Waals surface area (Å²) in [4.78, 5) is 13.7. The van der Waals surface area contributed by atoms with Crippen molar-refractivity contribution < 1.29 is 41.0 Å². The molecule has 1 N–H and O–H groups in total. The van der Waals surface area contributed by atoms with E-state index in [4.69, 9.17) is 4.74 Å². The van der Waals surface area contributed by atoms with Gasteiger partial charge < -0.3 is 9.84 Å². The number of aliphatic carboxylic acids is 1. The van der Waals surface area contributed by atoms with E-state index in [0.717, 1.165) is 18.4 Å². The van der Waals surface area contributed by atoms with E-state index in [1.807, 2.05) is 6.07 Å². The summed E-state index contributed by atoms with van der Waals surface area (Å²) in [6, 6.07) is 8.21. The number of carboxylic acids is 1. The van der Waals surface area contributed by atoms with E-state index in [1.165, 1.54) is 12.1 Å². The van der Waals surface area contributed by atoms with Crippen LogP contribution >= 0.6 is 0 Å². The average Bonchev–Trinajstić information content (AvgIpc) is 3.07. The van der Waals surface area contributed by atoms with Crippen LogP contribution in [-0.2, 0) is 17.4 Å². The summed E-state index contributed by atoms with van der Waals surface area (Å²) in [6.45, 7) is 0.646. The molecule has 3 aliphatic rings. The second-order valence-corrected chi connectivity index (χ2v) is 11.0. The van der Waals surface area contributed by atoms with Gasteiger partial charge in [0.05, 0.1) is 17.9 Å². The molecular formula is C28H31F6NO3. The van der Waals surface area contributed by atoms with E-state index in [1.54, 1.807) is 12.1 Å². The lowest BCUT2D eigenvalue weighted by molar-refractivity contribution is -0.185. The minimum Gasteiger partial charge on any atom is -0.490 e. The Kier molecular flexibility index (Phi) is 7.30. The van der Waals surface area contributed by atoms with Crippen molar-refractivity contribution in [2.45, 2.75) is 88.3 Å². The molecule has 3 fully saturated rings. The van der Waals surface area contributed by atoms with Gasteiger partial charge in [0.15, 0.2) is 0 Å². The van der Waals surface area contributed by atoms with Crippen LogP contribution in [0.5, 0.6) is 5.75 Å². The standard InChI is InChI=1S/C28H31F6NO3/c29-27(30,31)19-4-8-22(9-5-19)38-24-10-3-17-2-1-16(13-23(17)25(24)28(32,33)34)11-12-35-20-6-7-21(35)15-18(14-20)26(36)37/h1-3,10,13,18-22H,4-9,11-12,14-15H2,(H,36,37)/t18?,19-,20?,21?,22+. The maximum Gasteiger partial charge on any atom is 0.420 e. The van der Waals surface area contributed by atoms with Gasteiger partial charge in [-0.1, -0.05) is 24.3 Å². The van der Waals surface area contributed by atoms with Crippen molar-refractivity contribution in [3.63, 3.8) is 0 Å². The number of hydrogen-bond donors (Lipinski definition) is 1. The van der Waals surface area contributed by atoms with Crippen molar-refractivity contribution in [3.8, 4) is 5.75 Å². The van der Waals surface area contributed by atoms with Crippen LogP contribution in [0.25, 0.3) is 10.8 Å². The molecule has 0 spiro atoms. The van der Waals surface area contributed by atoms with E-state index in [2.05, 4.69) is 4.90 Å². The van der Waals surface area contributed by atoms with Crippen LogP contribution < -0.4 is 4.74 Å². The van der Waals surface area contributed by atoms with E-state index in [9.17, 15) is 36.2 Å².